The van der Waals surface area contributed by atoms with Gasteiger partial charge in [-0.1, -0.05) is 25.1 Å². The maximum atomic E-state index is 13.5. The highest BCUT2D eigenvalue weighted by molar-refractivity contribution is 5.20. The van der Waals surface area contributed by atoms with Gasteiger partial charge in [0.1, 0.15) is 5.82 Å². The van der Waals surface area contributed by atoms with E-state index in [-0.39, 0.29) is 5.82 Å². The first-order valence-electron chi connectivity index (χ1n) is 6.17. The Morgan fingerprint density at radius 1 is 1.28 bits per heavy atom. The van der Waals surface area contributed by atoms with Crippen LogP contribution < -0.4 is 5.32 Å². The van der Waals surface area contributed by atoms with Gasteiger partial charge in [-0.3, -0.25) is 4.68 Å². The van der Waals surface area contributed by atoms with E-state index in [1.54, 1.807) is 16.8 Å². The molecule has 0 spiro atoms. The molecule has 1 N–H and O–H groups in total. The van der Waals surface area contributed by atoms with E-state index in [1.807, 2.05) is 19.2 Å². The normalized spacial score (nSPS) is 10.8. The SMILES string of the molecule is CCNCc1cn(Cc2ccccc2F)nc1C. The van der Waals surface area contributed by atoms with Gasteiger partial charge in [0.15, 0.2) is 0 Å². The van der Waals surface area contributed by atoms with Crippen LogP contribution in [0.4, 0.5) is 4.39 Å². The molecule has 0 radical (unpaired) electrons. The fourth-order valence-electron chi connectivity index (χ4n) is 1.87. The molecule has 2 rings (SSSR count). The molecule has 1 aromatic heterocycles. The van der Waals surface area contributed by atoms with Crippen LogP contribution in [0.15, 0.2) is 30.5 Å². The highest BCUT2D eigenvalue weighted by atomic mass is 19.1. The number of rotatable bonds is 5. The molecule has 18 heavy (non-hydrogen) atoms. The zero-order valence-electron chi connectivity index (χ0n) is 10.8. The molecular weight excluding hydrogens is 229 g/mol. The van der Waals surface area contributed by atoms with Gasteiger partial charge in [0.05, 0.1) is 12.2 Å². The predicted molar refractivity (Wildman–Crippen MR) is 69.8 cm³/mol. The molecular formula is C14H18FN3. The van der Waals surface area contributed by atoms with E-state index in [0.29, 0.717) is 12.1 Å². The van der Waals surface area contributed by atoms with Crippen molar-refractivity contribution in [2.75, 3.05) is 6.54 Å². The first-order chi connectivity index (χ1) is 8.70. The molecule has 0 bridgehead atoms. The van der Waals surface area contributed by atoms with Crippen molar-refractivity contribution >= 4 is 0 Å². The van der Waals surface area contributed by atoms with E-state index in [4.69, 9.17) is 0 Å². The Bertz CT molecular complexity index is 520. The summed E-state index contributed by atoms with van der Waals surface area (Å²) in [6.45, 7) is 6.25. The lowest BCUT2D eigenvalue weighted by molar-refractivity contribution is 0.583. The molecule has 0 aliphatic heterocycles. The lowest BCUT2D eigenvalue weighted by Gasteiger charge is -2.02. The van der Waals surface area contributed by atoms with Crippen LogP contribution >= 0.6 is 0 Å². The average Bonchev–Trinajstić information content (AvgIpc) is 2.70. The summed E-state index contributed by atoms with van der Waals surface area (Å²) in [7, 11) is 0. The summed E-state index contributed by atoms with van der Waals surface area (Å²) in [5.41, 5.74) is 2.82. The van der Waals surface area contributed by atoms with Crippen LogP contribution in [-0.2, 0) is 13.1 Å². The van der Waals surface area contributed by atoms with E-state index in [1.165, 1.54) is 6.07 Å². The van der Waals surface area contributed by atoms with Crippen molar-refractivity contribution in [1.29, 1.82) is 0 Å². The summed E-state index contributed by atoms with van der Waals surface area (Å²) in [6.07, 6.45) is 1.98. The first-order valence-corrected chi connectivity index (χ1v) is 6.17. The lowest BCUT2D eigenvalue weighted by Crippen LogP contribution is -2.11. The van der Waals surface area contributed by atoms with Gasteiger partial charge in [-0.2, -0.15) is 5.10 Å². The quantitative estimate of drug-likeness (QED) is 0.879. The lowest BCUT2D eigenvalue weighted by atomic mass is 10.2. The smallest absolute Gasteiger partial charge is 0.128 e. The Morgan fingerprint density at radius 2 is 2.06 bits per heavy atom. The molecule has 0 fully saturated rings. The van der Waals surface area contributed by atoms with Crippen LogP contribution in [0.3, 0.4) is 0 Å². The number of hydrogen-bond acceptors (Lipinski definition) is 2. The average molecular weight is 247 g/mol. The molecule has 0 atom stereocenters. The molecule has 1 heterocycles. The van der Waals surface area contributed by atoms with E-state index < -0.39 is 0 Å². The summed E-state index contributed by atoms with van der Waals surface area (Å²) in [4.78, 5) is 0. The number of halogens is 1. The Morgan fingerprint density at radius 3 is 2.78 bits per heavy atom. The standard InChI is InChI=1S/C14H18FN3/c1-3-16-8-13-10-18(17-11(13)2)9-12-6-4-5-7-14(12)15/h4-7,10,16H,3,8-9H2,1-2H3. The number of benzene rings is 1. The van der Waals surface area contributed by atoms with Gasteiger partial charge in [0, 0.05) is 23.9 Å². The van der Waals surface area contributed by atoms with Crippen molar-refractivity contribution in [2.24, 2.45) is 0 Å². The second-order valence-corrected chi connectivity index (χ2v) is 4.31. The molecule has 4 heteroatoms. The second-order valence-electron chi connectivity index (χ2n) is 4.31. The largest absolute Gasteiger partial charge is 0.313 e. The molecule has 0 unspecified atom stereocenters. The second kappa shape index (κ2) is 5.78. The molecule has 1 aromatic carbocycles. The maximum absolute atomic E-state index is 13.5. The number of hydrogen-bond donors (Lipinski definition) is 1. The third kappa shape index (κ3) is 2.96. The van der Waals surface area contributed by atoms with Crippen molar-refractivity contribution < 1.29 is 4.39 Å². The van der Waals surface area contributed by atoms with Crippen LogP contribution in [-0.4, -0.2) is 16.3 Å². The minimum absolute atomic E-state index is 0.182. The Labute approximate surface area is 107 Å². The summed E-state index contributed by atoms with van der Waals surface area (Å²) in [5, 5.41) is 7.68. The van der Waals surface area contributed by atoms with Crippen molar-refractivity contribution in [3.63, 3.8) is 0 Å². The predicted octanol–water partition coefficient (Wildman–Crippen LogP) is 2.49. The van der Waals surface area contributed by atoms with Crippen molar-refractivity contribution in [3.8, 4) is 0 Å². The Balaban J connectivity index is 2.13. The monoisotopic (exact) mass is 247 g/mol. The van der Waals surface area contributed by atoms with Gasteiger partial charge in [0.2, 0.25) is 0 Å². The molecule has 2 aromatic rings. The van der Waals surface area contributed by atoms with Crippen LogP contribution in [0.2, 0.25) is 0 Å². The number of aryl methyl sites for hydroxylation is 1. The van der Waals surface area contributed by atoms with Gasteiger partial charge in [-0.15, -0.1) is 0 Å². The maximum Gasteiger partial charge on any atom is 0.128 e. The van der Waals surface area contributed by atoms with Gasteiger partial charge < -0.3 is 5.32 Å². The zero-order chi connectivity index (χ0) is 13.0. The summed E-state index contributed by atoms with van der Waals surface area (Å²) < 4.78 is 15.3. The fraction of sp³-hybridized carbons (Fsp3) is 0.357. The van der Waals surface area contributed by atoms with Gasteiger partial charge in [-0.25, -0.2) is 4.39 Å². The minimum Gasteiger partial charge on any atom is -0.313 e. The minimum atomic E-state index is -0.182. The molecule has 0 saturated carbocycles. The summed E-state index contributed by atoms with van der Waals surface area (Å²) in [5.74, 6) is -0.182. The topological polar surface area (TPSA) is 29.9 Å². The van der Waals surface area contributed by atoms with E-state index in [9.17, 15) is 4.39 Å². The van der Waals surface area contributed by atoms with Gasteiger partial charge >= 0.3 is 0 Å². The zero-order valence-corrected chi connectivity index (χ0v) is 10.8. The third-order valence-corrected chi connectivity index (χ3v) is 2.90. The molecule has 0 aliphatic rings. The Kier molecular flexibility index (Phi) is 4.10. The number of nitrogens with zero attached hydrogens (tertiary/aromatic N) is 2. The van der Waals surface area contributed by atoms with E-state index in [0.717, 1.165) is 24.3 Å². The molecule has 0 aliphatic carbocycles. The molecule has 0 amide bonds. The molecule has 3 nitrogen and oxygen atoms in total. The van der Waals surface area contributed by atoms with Crippen LogP contribution in [0, 0.1) is 12.7 Å². The van der Waals surface area contributed by atoms with Gasteiger partial charge in [0.25, 0.3) is 0 Å². The third-order valence-electron chi connectivity index (χ3n) is 2.90. The molecule has 0 saturated heterocycles. The van der Waals surface area contributed by atoms with Crippen molar-refractivity contribution in [3.05, 3.63) is 53.1 Å². The van der Waals surface area contributed by atoms with Crippen LogP contribution in [0.25, 0.3) is 0 Å². The highest BCUT2D eigenvalue weighted by Gasteiger charge is 2.06. The summed E-state index contributed by atoms with van der Waals surface area (Å²) in [6, 6.07) is 6.81. The van der Waals surface area contributed by atoms with Crippen molar-refractivity contribution in [1.82, 2.24) is 15.1 Å². The van der Waals surface area contributed by atoms with Crippen LogP contribution in [0.5, 0.6) is 0 Å². The molecule has 96 valence electrons. The number of nitrogens with one attached hydrogen (secondary N) is 1. The first kappa shape index (κ1) is 12.8. The van der Waals surface area contributed by atoms with Crippen LogP contribution in [0.1, 0.15) is 23.7 Å². The van der Waals surface area contributed by atoms with Gasteiger partial charge in [-0.05, 0) is 19.5 Å². The highest BCUT2D eigenvalue weighted by Crippen LogP contribution is 2.11. The fourth-order valence-corrected chi connectivity index (χ4v) is 1.87. The summed E-state index contributed by atoms with van der Waals surface area (Å²) >= 11 is 0. The number of aromatic nitrogens is 2. The van der Waals surface area contributed by atoms with E-state index in [2.05, 4.69) is 17.3 Å². The van der Waals surface area contributed by atoms with E-state index >= 15 is 0 Å². The van der Waals surface area contributed by atoms with Crippen molar-refractivity contribution in [2.45, 2.75) is 26.9 Å². The Hall–Kier alpha value is -1.68.